The van der Waals surface area contributed by atoms with E-state index in [1.165, 1.54) is 38.5 Å². The van der Waals surface area contributed by atoms with E-state index in [9.17, 15) is 9.59 Å². The molecule has 0 unspecified atom stereocenters. The SMILES string of the molecule is COc1ccc(Cn2c(C(F)(F)c3ccccc3)nc3sc(N4CCC[C@@H]4C(=O)C[C@H](C)c4ccccc4)nc3c2=O)c(OC)c1. The van der Waals surface area contributed by atoms with E-state index < -0.39 is 23.3 Å². The molecule has 0 aliphatic carbocycles. The van der Waals surface area contributed by atoms with Crippen LogP contribution in [0.5, 0.6) is 11.5 Å². The number of ether oxygens (including phenoxy) is 2. The Morgan fingerprint density at radius 2 is 1.74 bits per heavy atom. The summed E-state index contributed by atoms with van der Waals surface area (Å²) >= 11 is 1.06. The van der Waals surface area contributed by atoms with Gasteiger partial charge in [-0.25, -0.2) is 9.97 Å². The fraction of sp³-hybridized carbons (Fsp3) is 0.314. The van der Waals surface area contributed by atoms with Gasteiger partial charge in [0.15, 0.2) is 27.1 Å². The van der Waals surface area contributed by atoms with Gasteiger partial charge in [0.05, 0.1) is 26.8 Å². The molecule has 0 saturated carbocycles. The first-order chi connectivity index (χ1) is 22.2. The molecule has 238 valence electrons. The van der Waals surface area contributed by atoms with Crippen molar-refractivity contribution in [2.24, 2.45) is 0 Å². The van der Waals surface area contributed by atoms with Crippen molar-refractivity contribution < 1.29 is 23.0 Å². The maximum atomic E-state index is 16.3. The fourth-order valence-corrected chi connectivity index (χ4v) is 7.01. The maximum absolute atomic E-state index is 16.3. The Labute approximate surface area is 269 Å². The number of carbonyl (C=O) groups excluding carboxylic acids is 1. The summed E-state index contributed by atoms with van der Waals surface area (Å²) in [5.41, 5.74) is 0.570. The van der Waals surface area contributed by atoms with Crippen LogP contribution >= 0.6 is 11.3 Å². The number of aromatic nitrogens is 3. The summed E-state index contributed by atoms with van der Waals surface area (Å²) in [6, 6.07) is 21.7. The van der Waals surface area contributed by atoms with Gasteiger partial charge in [-0.2, -0.15) is 8.78 Å². The van der Waals surface area contributed by atoms with E-state index in [0.29, 0.717) is 41.6 Å². The minimum atomic E-state index is -3.60. The van der Waals surface area contributed by atoms with Crippen LogP contribution < -0.4 is 19.9 Å². The van der Waals surface area contributed by atoms with Crippen LogP contribution in [0.25, 0.3) is 10.3 Å². The average Bonchev–Trinajstić information content (AvgIpc) is 3.75. The molecule has 1 fully saturated rings. The monoisotopic (exact) mass is 644 g/mol. The topological polar surface area (TPSA) is 86.5 Å². The zero-order valence-corrected chi connectivity index (χ0v) is 26.6. The number of alkyl halides is 2. The van der Waals surface area contributed by atoms with Gasteiger partial charge in [0.25, 0.3) is 5.56 Å². The lowest BCUT2D eigenvalue weighted by Gasteiger charge is -2.24. The largest absolute Gasteiger partial charge is 0.497 e. The zero-order valence-electron chi connectivity index (χ0n) is 25.8. The quantitative estimate of drug-likeness (QED) is 0.157. The van der Waals surface area contributed by atoms with Gasteiger partial charge in [-0.05, 0) is 36.5 Å². The summed E-state index contributed by atoms with van der Waals surface area (Å²) in [5.74, 6) is -3.27. The first kappa shape index (κ1) is 31.3. The Kier molecular flexibility index (Phi) is 8.86. The van der Waals surface area contributed by atoms with Crippen molar-refractivity contribution in [3.63, 3.8) is 0 Å². The van der Waals surface area contributed by atoms with Gasteiger partial charge in [0.1, 0.15) is 11.5 Å². The smallest absolute Gasteiger partial charge is 0.330 e. The number of anilines is 1. The highest BCUT2D eigenvalue weighted by atomic mass is 32.1. The number of benzene rings is 3. The van der Waals surface area contributed by atoms with Gasteiger partial charge < -0.3 is 14.4 Å². The summed E-state index contributed by atoms with van der Waals surface area (Å²) in [4.78, 5) is 38.7. The van der Waals surface area contributed by atoms with Crippen LogP contribution in [0, 0.1) is 0 Å². The van der Waals surface area contributed by atoms with Crippen LogP contribution in [0.3, 0.4) is 0 Å². The van der Waals surface area contributed by atoms with Gasteiger partial charge in [-0.1, -0.05) is 78.9 Å². The van der Waals surface area contributed by atoms with Crippen molar-refractivity contribution in [2.75, 3.05) is 25.7 Å². The van der Waals surface area contributed by atoms with Crippen molar-refractivity contribution in [1.29, 1.82) is 0 Å². The Balaban J connectivity index is 1.41. The van der Waals surface area contributed by atoms with Crippen LogP contribution in [0.15, 0.2) is 83.7 Å². The van der Waals surface area contributed by atoms with Crippen LogP contribution in [-0.2, 0) is 17.3 Å². The van der Waals surface area contributed by atoms with Crippen LogP contribution in [0.1, 0.15) is 54.6 Å². The molecule has 0 spiro atoms. The van der Waals surface area contributed by atoms with Crippen LogP contribution in [-0.4, -0.2) is 47.1 Å². The predicted molar refractivity (Wildman–Crippen MR) is 175 cm³/mol. The predicted octanol–water partition coefficient (Wildman–Crippen LogP) is 6.79. The molecule has 46 heavy (non-hydrogen) atoms. The van der Waals surface area contributed by atoms with E-state index in [1.54, 1.807) is 24.3 Å². The Morgan fingerprint density at radius 1 is 1.02 bits per heavy atom. The van der Waals surface area contributed by atoms with Crippen molar-refractivity contribution in [2.45, 2.75) is 50.6 Å². The molecule has 1 aliphatic rings. The van der Waals surface area contributed by atoms with E-state index in [4.69, 9.17) is 9.47 Å². The zero-order chi connectivity index (χ0) is 32.4. The molecule has 5 aromatic rings. The van der Waals surface area contributed by atoms with Gasteiger partial charge in [-0.3, -0.25) is 14.2 Å². The lowest BCUT2D eigenvalue weighted by molar-refractivity contribution is -0.120. The number of Topliss-reactive ketones (excluding diaryl/α,β-unsaturated/α-hetero) is 1. The molecule has 6 rings (SSSR count). The molecule has 3 heterocycles. The summed E-state index contributed by atoms with van der Waals surface area (Å²) in [7, 11) is 2.97. The summed E-state index contributed by atoms with van der Waals surface area (Å²) in [5, 5.41) is 0.427. The summed E-state index contributed by atoms with van der Waals surface area (Å²) in [6.45, 7) is 2.37. The number of hydrogen-bond donors (Lipinski definition) is 0. The second-order valence-corrected chi connectivity index (χ2v) is 12.4. The maximum Gasteiger partial charge on any atom is 0.330 e. The number of nitrogens with zero attached hydrogens (tertiary/aromatic N) is 4. The number of fused-ring (bicyclic) bond motifs is 1. The number of halogens is 2. The number of ketones is 1. The van der Waals surface area contributed by atoms with E-state index in [-0.39, 0.29) is 34.2 Å². The molecule has 1 saturated heterocycles. The lowest BCUT2D eigenvalue weighted by Crippen LogP contribution is -2.36. The molecule has 11 heteroatoms. The highest BCUT2D eigenvalue weighted by Crippen LogP contribution is 2.38. The molecular weight excluding hydrogens is 610 g/mol. The molecule has 2 atom stereocenters. The van der Waals surface area contributed by atoms with Crippen LogP contribution in [0.4, 0.5) is 13.9 Å². The number of methoxy groups -OCH3 is 2. The Bertz CT molecular complexity index is 1910. The highest BCUT2D eigenvalue weighted by Gasteiger charge is 2.41. The number of thiazole rings is 1. The van der Waals surface area contributed by atoms with Gasteiger partial charge in [-0.15, -0.1) is 0 Å². The molecule has 0 bridgehead atoms. The molecule has 0 amide bonds. The van der Waals surface area contributed by atoms with Gasteiger partial charge >= 0.3 is 5.92 Å². The molecule has 2 aromatic heterocycles. The van der Waals surface area contributed by atoms with E-state index >= 15 is 8.78 Å². The van der Waals surface area contributed by atoms with E-state index in [2.05, 4.69) is 9.97 Å². The van der Waals surface area contributed by atoms with Gasteiger partial charge in [0.2, 0.25) is 0 Å². The third-order valence-electron chi connectivity index (χ3n) is 8.49. The van der Waals surface area contributed by atoms with Crippen molar-refractivity contribution in [1.82, 2.24) is 14.5 Å². The van der Waals surface area contributed by atoms with E-state index in [0.717, 1.165) is 27.9 Å². The second kappa shape index (κ2) is 13.0. The third kappa shape index (κ3) is 5.99. The number of carbonyl (C=O) groups is 1. The van der Waals surface area contributed by atoms with Crippen molar-refractivity contribution in [3.8, 4) is 11.5 Å². The van der Waals surface area contributed by atoms with E-state index in [1.807, 2.05) is 42.2 Å². The molecule has 0 radical (unpaired) electrons. The minimum absolute atomic E-state index is 0.0177. The molecule has 3 aromatic carbocycles. The Hall–Kier alpha value is -4.64. The Morgan fingerprint density at radius 3 is 2.43 bits per heavy atom. The van der Waals surface area contributed by atoms with Gasteiger partial charge in [0, 0.05) is 30.2 Å². The average molecular weight is 645 g/mol. The third-order valence-corrected chi connectivity index (χ3v) is 9.48. The van der Waals surface area contributed by atoms with Crippen molar-refractivity contribution in [3.05, 3.63) is 112 Å². The molecule has 0 N–H and O–H groups in total. The van der Waals surface area contributed by atoms with Crippen LogP contribution in [0.2, 0.25) is 0 Å². The first-order valence-electron chi connectivity index (χ1n) is 15.1. The normalized spacial score (nSPS) is 15.7. The first-order valence-corrected chi connectivity index (χ1v) is 15.9. The second-order valence-electron chi connectivity index (χ2n) is 11.4. The number of hydrogen-bond acceptors (Lipinski definition) is 8. The minimum Gasteiger partial charge on any atom is -0.497 e. The molecule has 8 nitrogen and oxygen atoms in total. The summed E-state index contributed by atoms with van der Waals surface area (Å²) in [6.07, 6.45) is 1.79. The fourth-order valence-electron chi connectivity index (χ4n) is 6.00. The lowest BCUT2D eigenvalue weighted by atomic mass is 9.93. The standard InChI is InChI=1S/C35H34F2N4O4S/c1-22(23-11-6-4-7-12-23)19-28(42)27-15-10-18-40(27)34-38-30-31(46-34)39-33(35(36,37)25-13-8-5-9-14-25)41(32(30)43)21-24-16-17-26(44-2)20-29(24)45-3/h4-9,11-14,16-17,20,22,27H,10,15,18-19,21H2,1-3H3/t22-,27+/m0/s1. The molecular formula is C35H34F2N4O4S. The highest BCUT2D eigenvalue weighted by molar-refractivity contribution is 7.21. The summed E-state index contributed by atoms with van der Waals surface area (Å²) < 4.78 is 44.3. The van der Waals surface area contributed by atoms with Crippen molar-refractivity contribution >= 4 is 32.6 Å². The number of rotatable bonds is 11. The molecule has 1 aliphatic heterocycles.